The summed E-state index contributed by atoms with van der Waals surface area (Å²) in [6.07, 6.45) is 1.68. The monoisotopic (exact) mass is 429 g/mol. The van der Waals surface area contributed by atoms with Crippen LogP contribution in [0.1, 0.15) is 35.1 Å². The highest BCUT2D eigenvalue weighted by molar-refractivity contribution is 7.89. The van der Waals surface area contributed by atoms with Gasteiger partial charge in [-0.2, -0.15) is 4.31 Å². The predicted octanol–water partition coefficient (Wildman–Crippen LogP) is 4.14. The highest BCUT2D eigenvalue weighted by Gasteiger charge is 2.32. The van der Waals surface area contributed by atoms with Gasteiger partial charge in [0.25, 0.3) is 0 Å². The summed E-state index contributed by atoms with van der Waals surface area (Å²) in [4.78, 5) is 12.6. The van der Waals surface area contributed by atoms with Crippen molar-refractivity contribution in [3.05, 3.63) is 58.7 Å². The molecule has 2 aromatic rings. The van der Waals surface area contributed by atoms with Crippen LogP contribution in [0.3, 0.4) is 0 Å². The molecular formula is C23H31N3O3S. The van der Waals surface area contributed by atoms with Gasteiger partial charge in [-0.3, -0.25) is 0 Å². The highest BCUT2D eigenvalue weighted by atomic mass is 32.2. The van der Waals surface area contributed by atoms with Gasteiger partial charge in [-0.15, -0.1) is 0 Å². The van der Waals surface area contributed by atoms with Crippen LogP contribution in [0.5, 0.6) is 0 Å². The van der Waals surface area contributed by atoms with Gasteiger partial charge in [-0.05, 0) is 69.7 Å². The van der Waals surface area contributed by atoms with Crippen LogP contribution in [-0.4, -0.2) is 38.4 Å². The Morgan fingerprint density at radius 2 is 1.67 bits per heavy atom. The number of urea groups is 1. The fraction of sp³-hybridized carbons (Fsp3) is 0.435. The van der Waals surface area contributed by atoms with Gasteiger partial charge in [0.1, 0.15) is 0 Å². The SMILES string of the molecule is Cc1ccc(NC(=O)NCC2CCCN(S(=O)(=O)c3c(C)cc(C)cc3C)C2)cc1. The Morgan fingerprint density at radius 3 is 2.30 bits per heavy atom. The number of anilines is 1. The summed E-state index contributed by atoms with van der Waals surface area (Å²) in [5, 5.41) is 5.70. The van der Waals surface area contributed by atoms with Gasteiger partial charge in [-0.1, -0.05) is 35.4 Å². The van der Waals surface area contributed by atoms with Crippen molar-refractivity contribution in [3.8, 4) is 0 Å². The maximum absolute atomic E-state index is 13.3. The number of hydrogen-bond donors (Lipinski definition) is 2. The molecule has 7 heteroatoms. The van der Waals surface area contributed by atoms with E-state index < -0.39 is 10.0 Å². The summed E-state index contributed by atoms with van der Waals surface area (Å²) >= 11 is 0. The Bertz CT molecular complexity index is 993. The van der Waals surface area contributed by atoms with Gasteiger partial charge in [0.05, 0.1) is 4.90 Å². The molecule has 1 aliphatic rings. The normalized spacial score (nSPS) is 17.5. The Hall–Kier alpha value is -2.38. The smallest absolute Gasteiger partial charge is 0.319 e. The molecule has 1 aliphatic heterocycles. The molecule has 1 atom stereocenters. The van der Waals surface area contributed by atoms with Crippen LogP contribution in [0, 0.1) is 33.6 Å². The molecule has 2 N–H and O–H groups in total. The quantitative estimate of drug-likeness (QED) is 0.750. The molecule has 30 heavy (non-hydrogen) atoms. The number of aryl methyl sites for hydroxylation is 4. The van der Waals surface area contributed by atoms with Crippen molar-refractivity contribution in [2.75, 3.05) is 25.0 Å². The van der Waals surface area contributed by atoms with Crippen LogP contribution in [0.2, 0.25) is 0 Å². The molecule has 162 valence electrons. The van der Waals surface area contributed by atoms with E-state index in [1.54, 1.807) is 4.31 Å². The third kappa shape index (κ3) is 5.21. The Morgan fingerprint density at radius 1 is 1.03 bits per heavy atom. The van der Waals surface area contributed by atoms with Crippen molar-refractivity contribution in [1.29, 1.82) is 0 Å². The predicted molar refractivity (Wildman–Crippen MR) is 120 cm³/mol. The number of rotatable bonds is 5. The van der Waals surface area contributed by atoms with E-state index in [-0.39, 0.29) is 11.9 Å². The highest BCUT2D eigenvalue weighted by Crippen LogP contribution is 2.28. The maximum Gasteiger partial charge on any atom is 0.319 e. The van der Waals surface area contributed by atoms with E-state index in [0.717, 1.165) is 40.8 Å². The number of carbonyl (C=O) groups excluding carboxylic acids is 1. The number of piperidine rings is 1. The number of benzene rings is 2. The number of carbonyl (C=O) groups is 1. The first-order chi connectivity index (χ1) is 14.2. The number of sulfonamides is 1. The number of nitrogens with one attached hydrogen (secondary N) is 2. The van der Waals surface area contributed by atoms with Crippen molar-refractivity contribution in [2.45, 2.75) is 45.4 Å². The Kier molecular flexibility index (Phi) is 6.83. The molecule has 1 fully saturated rings. The van der Waals surface area contributed by atoms with Crippen LogP contribution in [-0.2, 0) is 10.0 Å². The van der Waals surface area contributed by atoms with Crippen LogP contribution in [0.15, 0.2) is 41.3 Å². The molecule has 6 nitrogen and oxygen atoms in total. The average Bonchev–Trinajstić information content (AvgIpc) is 2.67. The van der Waals surface area contributed by atoms with E-state index in [2.05, 4.69) is 10.6 Å². The van der Waals surface area contributed by atoms with E-state index >= 15 is 0 Å². The molecule has 0 saturated carbocycles. The lowest BCUT2D eigenvalue weighted by Crippen LogP contribution is -2.44. The number of amides is 2. The fourth-order valence-electron chi connectivity index (χ4n) is 4.16. The van der Waals surface area contributed by atoms with Gasteiger partial charge in [-0.25, -0.2) is 13.2 Å². The number of hydrogen-bond acceptors (Lipinski definition) is 3. The molecule has 0 radical (unpaired) electrons. The molecule has 2 aromatic carbocycles. The second-order valence-corrected chi connectivity index (χ2v) is 10.2. The first kappa shape index (κ1) is 22.3. The maximum atomic E-state index is 13.3. The van der Waals surface area contributed by atoms with E-state index in [1.807, 2.05) is 64.1 Å². The fourth-order valence-corrected chi connectivity index (χ4v) is 6.13. The zero-order valence-electron chi connectivity index (χ0n) is 18.2. The van der Waals surface area contributed by atoms with Crippen molar-refractivity contribution in [3.63, 3.8) is 0 Å². The van der Waals surface area contributed by atoms with E-state index in [0.29, 0.717) is 24.5 Å². The lowest BCUT2D eigenvalue weighted by atomic mass is 10.00. The summed E-state index contributed by atoms with van der Waals surface area (Å²) < 4.78 is 28.2. The van der Waals surface area contributed by atoms with Crippen molar-refractivity contribution in [2.24, 2.45) is 5.92 Å². The molecule has 0 aromatic heterocycles. The summed E-state index contributed by atoms with van der Waals surface area (Å²) in [6, 6.07) is 11.1. The Balaban J connectivity index is 1.62. The molecule has 1 heterocycles. The van der Waals surface area contributed by atoms with Gasteiger partial charge >= 0.3 is 6.03 Å². The first-order valence-corrected chi connectivity index (χ1v) is 11.8. The van der Waals surface area contributed by atoms with E-state index in [1.165, 1.54) is 0 Å². The van der Waals surface area contributed by atoms with Gasteiger partial charge < -0.3 is 10.6 Å². The third-order valence-corrected chi connectivity index (χ3v) is 7.72. The molecule has 0 bridgehead atoms. The molecule has 3 rings (SSSR count). The van der Waals surface area contributed by atoms with Gasteiger partial charge in [0.15, 0.2) is 0 Å². The summed E-state index contributed by atoms with van der Waals surface area (Å²) in [5.74, 6) is 0.0864. The topological polar surface area (TPSA) is 78.5 Å². The zero-order valence-corrected chi connectivity index (χ0v) is 19.0. The minimum absolute atomic E-state index is 0.0864. The van der Waals surface area contributed by atoms with Crippen LogP contribution >= 0.6 is 0 Å². The standard InChI is InChI=1S/C23H31N3O3S/c1-16-7-9-21(10-8-16)25-23(27)24-14-20-6-5-11-26(15-20)30(28,29)22-18(3)12-17(2)13-19(22)4/h7-10,12-13,20H,5-6,11,14-15H2,1-4H3,(H2,24,25,27). The molecular weight excluding hydrogens is 398 g/mol. The van der Waals surface area contributed by atoms with E-state index in [9.17, 15) is 13.2 Å². The lowest BCUT2D eigenvalue weighted by Gasteiger charge is -2.32. The largest absolute Gasteiger partial charge is 0.338 e. The summed E-state index contributed by atoms with van der Waals surface area (Å²) in [7, 11) is -3.56. The Labute approximate surface area is 179 Å². The van der Waals surface area contributed by atoms with Crippen LogP contribution in [0.25, 0.3) is 0 Å². The summed E-state index contributed by atoms with van der Waals surface area (Å²) in [5.41, 5.74) is 4.49. The van der Waals surface area contributed by atoms with E-state index in [4.69, 9.17) is 0 Å². The van der Waals surface area contributed by atoms with Crippen molar-refractivity contribution >= 4 is 21.7 Å². The van der Waals surface area contributed by atoms with Crippen molar-refractivity contribution < 1.29 is 13.2 Å². The molecule has 2 amide bonds. The van der Waals surface area contributed by atoms with Crippen LogP contribution < -0.4 is 10.6 Å². The first-order valence-electron chi connectivity index (χ1n) is 10.4. The lowest BCUT2D eigenvalue weighted by molar-refractivity contribution is 0.238. The minimum Gasteiger partial charge on any atom is -0.338 e. The second-order valence-electron chi connectivity index (χ2n) is 8.30. The average molecular weight is 430 g/mol. The van der Waals surface area contributed by atoms with Crippen LogP contribution in [0.4, 0.5) is 10.5 Å². The van der Waals surface area contributed by atoms with Gasteiger partial charge in [0, 0.05) is 25.3 Å². The molecule has 0 aliphatic carbocycles. The zero-order chi connectivity index (χ0) is 21.9. The van der Waals surface area contributed by atoms with Gasteiger partial charge in [0.2, 0.25) is 10.0 Å². The molecule has 1 saturated heterocycles. The summed E-state index contributed by atoms with van der Waals surface area (Å²) in [6.45, 7) is 9.04. The number of nitrogens with zero attached hydrogens (tertiary/aromatic N) is 1. The minimum atomic E-state index is -3.56. The second kappa shape index (κ2) is 9.18. The third-order valence-electron chi connectivity index (χ3n) is 5.54. The van der Waals surface area contributed by atoms with Crippen molar-refractivity contribution in [1.82, 2.24) is 9.62 Å². The molecule has 0 spiro atoms. The molecule has 1 unspecified atom stereocenters.